The van der Waals surface area contributed by atoms with Crippen molar-refractivity contribution in [3.05, 3.63) is 59.9 Å². The van der Waals surface area contributed by atoms with Gasteiger partial charge in [-0.1, -0.05) is 24.3 Å². The minimum atomic E-state index is -3.86. The van der Waals surface area contributed by atoms with Crippen molar-refractivity contribution in [1.82, 2.24) is 0 Å². The fourth-order valence-electron chi connectivity index (χ4n) is 2.14. The second kappa shape index (κ2) is 6.24. The Morgan fingerprint density at radius 2 is 1.81 bits per heavy atom. The van der Waals surface area contributed by atoms with Crippen LogP contribution in [-0.2, 0) is 16.6 Å². The van der Waals surface area contributed by atoms with E-state index in [-0.39, 0.29) is 18.0 Å². The highest BCUT2D eigenvalue weighted by Crippen LogP contribution is 2.26. The zero-order chi connectivity index (χ0) is 15.5. The largest absolute Gasteiger partial charge is 0.326 e. The Morgan fingerprint density at radius 1 is 1.14 bits per heavy atom. The topological polar surface area (TPSA) is 63.4 Å². The number of rotatable bonds is 5. The number of hydrogen-bond donors (Lipinski definition) is 1. The number of nitrogens with two attached hydrogens (primary N) is 1. The van der Waals surface area contributed by atoms with Crippen molar-refractivity contribution in [3.8, 4) is 0 Å². The summed E-state index contributed by atoms with van der Waals surface area (Å²) in [7, 11) is -3.86. The van der Waals surface area contributed by atoms with Crippen LogP contribution in [-0.4, -0.2) is 15.0 Å². The van der Waals surface area contributed by atoms with Gasteiger partial charge in [-0.15, -0.1) is 0 Å². The lowest BCUT2D eigenvalue weighted by molar-refractivity contribution is 0.585. The summed E-state index contributed by atoms with van der Waals surface area (Å²) in [5.41, 5.74) is 6.50. The van der Waals surface area contributed by atoms with Gasteiger partial charge in [0.1, 0.15) is 5.82 Å². The van der Waals surface area contributed by atoms with Gasteiger partial charge >= 0.3 is 0 Å². The molecule has 0 heterocycles. The molecule has 2 aromatic rings. The molecule has 0 unspecified atom stereocenters. The van der Waals surface area contributed by atoms with Crippen LogP contribution in [0.5, 0.6) is 0 Å². The van der Waals surface area contributed by atoms with Crippen LogP contribution in [0.2, 0.25) is 0 Å². The van der Waals surface area contributed by atoms with Crippen molar-refractivity contribution in [2.45, 2.75) is 18.4 Å². The average Bonchev–Trinajstić information content (AvgIpc) is 2.49. The minimum absolute atomic E-state index is 0.0290. The quantitative estimate of drug-likeness (QED) is 0.923. The van der Waals surface area contributed by atoms with E-state index >= 15 is 0 Å². The number of nitrogens with zero attached hydrogens (tertiary/aromatic N) is 1. The first-order valence-corrected chi connectivity index (χ1v) is 8.01. The molecule has 0 aromatic heterocycles. The summed E-state index contributed by atoms with van der Waals surface area (Å²) in [5, 5.41) is 0. The Hall–Kier alpha value is -1.92. The highest BCUT2D eigenvalue weighted by atomic mass is 32.2. The number of para-hydroxylation sites is 1. The standard InChI is InChI=1S/C15H17FN2O2S/c1-2-18(14-6-4-3-5-7-14)21(19,20)15-10-13(16)9-8-12(15)11-17/h3-10H,2,11,17H2,1H3. The monoisotopic (exact) mass is 308 g/mol. The highest BCUT2D eigenvalue weighted by molar-refractivity contribution is 7.92. The summed E-state index contributed by atoms with van der Waals surface area (Å²) in [4.78, 5) is -0.0873. The predicted octanol–water partition coefficient (Wildman–Crippen LogP) is 2.50. The average molecular weight is 308 g/mol. The third-order valence-corrected chi connectivity index (χ3v) is 5.13. The molecule has 0 amide bonds. The third kappa shape index (κ3) is 3.06. The van der Waals surface area contributed by atoms with E-state index in [4.69, 9.17) is 5.73 Å². The van der Waals surface area contributed by atoms with Gasteiger partial charge in [0.05, 0.1) is 10.6 Å². The number of benzene rings is 2. The van der Waals surface area contributed by atoms with E-state index in [1.165, 1.54) is 16.4 Å². The van der Waals surface area contributed by atoms with Crippen LogP contribution in [0.4, 0.5) is 10.1 Å². The second-order valence-electron chi connectivity index (χ2n) is 4.46. The van der Waals surface area contributed by atoms with Gasteiger partial charge in [-0.05, 0) is 36.8 Å². The number of halogens is 1. The lowest BCUT2D eigenvalue weighted by Crippen LogP contribution is -2.31. The first-order valence-electron chi connectivity index (χ1n) is 6.57. The maximum absolute atomic E-state index is 13.5. The molecule has 0 fully saturated rings. The smallest absolute Gasteiger partial charge is 0.264 e. The number of anilines is 1. The van der Waals surface area contributed by atoms with Crippen molar-refractivity contribution in [3.63, 3.8) is 0 Å². The summed E-state index contributed by atoms with van der Waals surface area (Å²) in [6.07, 6.45) is 0. The van der Waals surface area contributed by atoms with Gasteiger partial charge in [0.15, 0.2) is 0 Å². The van der Waals surface area contributed by atoms with Crippen molar-refractivity contribution in [2.75, 3.05) is 10.8 Å². The van der Waals surface area contributed by atoms with E-state index < -0.39 is 15.8 Å². The molecule has 0 aliphatic rings. The van der Waals surface area contributed by atoms with Gasteiger partial charge in [0.2, 0.25) is 0 Å². The van der Waals surface area contributed by atoms with E-state index in [1.807, 2.05) is 0 Å². The maximum atomic E-state index is 13.5. The van der Waals surface area contributed by atoms with Crippen LogP contribution in [0, 0.1) is 5.82 Å². The first kappa shape index (κ1) is 15.5. The summed E-state index contributed by atoms with van der Waals surface area (Å²) in [6.45, 7) is 2.00. The molecule has 0 spiro atoms. The lowest BCUT2D eigenvalue weighted by atomic mass is 10.2. The Bertz CT molecular complexity index is 718. The fourth-order valence-corrected chi connectivity index (χ4v) is 3.86. The second-order valence-corrected chi connectivity index (χ2v) is 6.29. The summed E-state index contributed by atoms with van der Waals surface area (Å²) in [5.74, 6) is -0.602. The third-order valence-electron chi connectivity index (χ3n) is 3.15. The molecular formula is C15H17FN2O2S. The molecule has 0 atom stereocenters. The van der Waals surface area contributed by atoms with Crippen LogP contribution in [0.25, 0.3) is 0 Å². The molecule has 0 saturated carbocycles. The summed E-state index contributed by atoms with van der Waals surface area (Å²) in [6, 6.07) is 12.3. The first-order chi connectivity index (χ1) is 10.0. The zero-order valence-electron chi connectivity index (χ0n) is 11.7. The van der Waals surface area contributed by atoms with Crippen LogP contribution >= 0.6 is 0 Å². The molecule has 2 N–H and O–H groups in total. The lowest BCUT2D eigenvalue weighted by Gasteiger charge is -2.24. The molecule has 112 valence electrons. The Labute approximate surface area is 124 Å². The van der Waals surface area contributed by atoms with Gasteiger partial charge in [-0.25, -0.2) is 12.8 Å². The molecular weight excluding hydrogens is 291 g/mol. The van der Waals surface area contributed by atoms with Crippen molar-refractivity contribution < 1.29 is 12.8 Å². The normalized spacial score (nSPS) is 11.4. The molecule has 2 rings (SSSR count). The van der Waals surface area contributed by atoms with E-state index in [0.717, 1.165) is 6.07 Å². The zero-order valence-corrected chi connectivity index (χ0v) is 12.5. The molecule has 0 saturated heterocycles. The van der Waals surface area contributed by atoms with Gasteiger partial charge in [0, 0.05) is 13.1 Å². The summed E-state index contributed by atoms with van der Waals surface area (Å²) >= 11 is 0. The van der Waals surface area contributed by atoms with Crippen LogP contribution in [0.3, 0.4) is 0 Å². The molecule has 21 heavy (non-hydrogen) atoms. The Kier molecular flexibility index (Phi) is 4.59. The minimum Gasteiger partial charge on any atom is -0.326 e. The van der Waals surface area contributed by atoms with E-state index in [1.54, 1.807) is 37.3 Å². The molecule has 2 aromatic carbocycles. The fraction of sp³-hybridized carbons (Fsp3) is 0.200. The molecule has 0 bridgehead atoms. The van der Waals surface area contributed by atoms with Gasteiger partial charge in [-0.3, -0.25) is 4.31 Å². The SMILES string of the molecule is CCN(c1ccccc1)S(=O)(=O)c1cc(F)ccc1CN. The molecule has 0 aliphatic heterocycles. The Morgan fingerprint density at radius 3 is 2.38 bits per heavy atom. The molecule has 6 heteroatoms. The Balaban J connectivity index is 2.58. The number of sulfonamides is 1. The van der Waals surface area contributed by atoms with E-state index in [2.05, 4.69) is 0 Å². The maximum Gasteiger partial charge on any atom is 0.264 e. The van der Waals surface area contributed by atoms with Crippen LogP contribution < -0.4 is 10.0 Å². The van der Waals surface area contributed by atoms with E-state index in [9.17, 15) is 12.8 Å². The highest BCUT2D eigenvalue weighted by Gasteiger charge is 2.26. The van der Waals surface area contributed by atoms with Gasteiger partial charge in [-0.2, -0.15) is 0 Å². The molecule has 0 aliphatic carbocycles. The molecule has 4 nitrogen and oxygen atoms in total. The molecule has 0 radical (unpaired) electrons. The van der Waals surface area contributed by atoms with E-state index in [0.29, 0.717) is 11.3 Å². The van der Waals surface area contributed by atoms with Gasteiger partial charge in [0.25, 0.3) is 10.0 Å². The van der Waals surface area contributed by atoms with Crippen molar-refractivity contribution in [2.24, 2.45) is 5.73 Å². The van der Waals surface area contributed by atoms with Crippen molar-refractivity contribution in [1.29, 1.82) is 0 Å². The van der Waals surface area contributed by atoms with Crippen LogP contribution in [0.15, 0.2) is 53.4 Å². The van der Waals surface area contributed by atoms with Crippen molar-refractivity contribution >= 4 is 15.7 Å². The van der Waals surface area contributed by atoms with Gasteiger partial charge < -0.3 is 5.73 Å². The van der Waals surface area contributed by atoms with Crippen LogP contribution in [0.1, 0.15) is 12.5 Å². The summed E-state index contributed by atoms with van der Waals surface area (Å²) < 4.78 is 40.3. The number of hydrogen-bond acceptors (Lipinski definition) is 3. The predicted molar refractivity (Wildman–Crippen MR) is 80.9 cm³/mol.